The van der Waals surface area contributed by atoms with Gasteiger partial charge >= 0.3 is 6.18 Å². The molecule has 0 aliphatic rings. The van der Waals surface area contributed by atoms with Gasteiger partial charge in [0.1, 0.15) is 0 Å². The minimum atomic E-state index is -4.31. The van der Waals surface area contributed by atoms with Crippen LogP contribution in [0.5, 0.6) is 0 Å². The first-order valence-corrected chi connectivity index (χ1v) is 6.30. The third-order valence-electron chi connectivity index (χ3n) is 2.37. The summed E-state index contributed by atoms with van der Waals surface area (Å²) in [4.78, 5) is 0. The summed E-state index contributed by atoms with van der Waals surface area (Å²) in [6.45, 7) is 3.37. The van der Waals surface area contributed by atoms with Crippen LogP contribution in [0.2, 0.25) is 0 Å². The standard InChI is InChI=1S/C12H15BrF3N/c1-2-3-6-17-8-9-4-5-11(13)10(7-9)12(14,15)16/h4-5,7,17H,2-3,6,8H2,1H3. The second-order valence-corrected chi connectivity index (χ2v) is 4.70. The molecule has 0 saturated carbocycles. The maximum atomic E-state index is 12.6. The Bertz CT molecular complexity index is 363. The molecular formula is C12H15BrF3N. The van der Waals surface area contributed by atoms with Gasteiger partial charge in [0.05, 0.1) is 5.56 Å². The molecule has 96 valence electrons. The van der Waals surface area contributed by atoms with Gasteiger partial charge in [-0.1, -0.05) is 35.3 Å². The van der Waals surface area contributed by atoms with Gasteiger partial charge in [0.2, 0.25) is 0 Å². The molecule has 1 N–H and O–H groups in total. The maximum absolute atomic E-state index is 12.6. The summed E-state index contributed by atoms with van der Waals surface area (Å²) in [5.74, 6) is 0. The molecule has 0 radical (unpaired) electrons. The van der Waals surface area contributed by atoms with E-state index < -0.39 is 11.7 Å². The Labute approximate surface area is 108 Å². The van der Waals surface area contributed by atoms with Crippen molar-refractivity contribution in [2.45, 2.75) is 32.5 Å². The predicted molar refractivity (Wildman–Crippen MR) is 65.8 cm³/mol. The van der Waals surface area contributed by atoms with Crippen molar-refractivity contribution in [3.05, 3.63) is 33.8 Å². The molecule has 0 aliphatic carbocycles. The second kappa shape index (κ2) is 6.40. The van der Waals surface area contributed by atoms with Crippen LogP contribution in [-0.4, -0.2) is 6.54 Å². The molecule has 0 unspecified atom stereocenters. The molecule has 0 bridgehead atoms. The molecule has 0 heterocycles. The number of unbranched alkanes of at least 4 members (excludes halogenated alkanes) is 1. The summed E-state index contributed by atoms with van der Waals surface area (Å²) < 4.78 is 37.9. The molecular weight excluding hydrogens is 295 g/mol. The fourth-order valence-corrected chi connectivity index (χ4v) is 1.91. The van der Waals surface area contributed by atoms with Crippen LogP contribution >= 0.6 is 15.9 Å². The van der Waals surface area contributed by atoms with Crippen LogP contribution < -0.4 is 5.32 Å². The van der Waals surface area contributed by atoms with E-state index in [1.165, 1.54) is 12.1 Å². The highest BCUT2D eigenvalue weighted by molar-refractivity contribution is 9.10. The molecule has 0 fully saturated rings. The number of nitrogens with one attached hydrogen (secondary N) is 1. The lowest BCUT2D eigenvalue weighted by Gasteiger charge is -2.11. The molecule has 0 saturated heterocycles. The molecule has 1 rings (SSSR count). The van der Waals surface area contributed by atoms with Crippen molar-refractivity contribution in [3.8, 4) is 0 Å². The van der Waals surface area contributed by atoms with E-state index in [1.54, 1.807) is 6.07 Å². The summed E-state index contributed by atoms with van der Waals surface area (Å²) in [7, 11) is 0. The zero-order valence-electron chi connectivity index (χ0n) is 9.57. The highest BCUT2D eigenvalue weighted by Gasteiger charge is 2.32. The van der Waals surface area contributed by atoms with Gasteiger partial charge in [-0.15, -0.1) is 0 Å². The molecule has 1 aromatic carbocycles. The Balaban J connectivity index is 2.69. The van der Waals surface area contributed by atoms with Crippen LogP contribution in [0.1, 0.15) is 30.9 Å². The summed E-state index contributed by atoms with van der Waals surface area (Å²) >= 11 is 2.92. The molecule has 0 atom stereocenters. The van der Waals surface area contributed by atoms with Gasteiger partial charge in [0.25, 0.3) is 0 Å². The molecule has 0 spiro atoms. The van der Waals surface area contributed by atoms with Crippen molar-refractivity contribution in [1.82, 2.24) is 5.32 Å². The van der Waals surface area contributed by atoms with Crippen LogP contribution in [0.3, 0.4) is 0 Å². The number of alkyl halides is 3. The normalized spacial score (nSPS) is 11.8. The number of rotatable bonds is 5. The van der Waals surface area contributed by atoms with Gasteiger partial charge < -0.3 is 5.32 Å². The lowest BCUT2D eigenvalue weighted by atomic mass is 10.1. The topological polar surface area (TPSA) is 12.0 Å². The SMILES string of the molecule is CCCCNCc1ccc(Br)c(C(F)(F)F)c1. The zero-order chi connectivity index (χ0) is 12.9. The Morgan fingerprint density at radius 2 is 2.00 bits per heavy atom. The molecule has 17 heavy (non-hydrogen) atoms. The zero-order valence-corrected chi connectivity index (χ0v) is 11.2. The second-order valence-electron chi connectivity index (χ2n) is 3.84. The first-order valence-electron chi connectivity index (χ1n) is 5.51. The first-order chi connectivity index (χ1) is 7.95. The fraction of sp³-hybridized carbons (Fsp3) is 0.500. The fourth-order valence-electron chi connectivity index (χ4n) is 1.43. The first kappa shape index (κ1) is 14.5. The van der Waals surface area contributed by atoms with E-state index in [9.17, 15) is 13.2 Å². The van der Waals surface area contributed by atoms with E-state index in [2.05, 4.69) is 28.2 Å². The minimum absolute atomic E-state index is 0.0855. The van der Waals surface area contributed by atoms with Gasteiger partial charge in [-0.2, -0.15) is 13.2 Å². The third kappa shape index (κ3) is 4.68. The monoisotopic (exact) mass is 309 g/mol. The van der Waals surface area contributed by atoms with Crippen LogP contribution in [-0.2, 0) is 12.7 Å². The average Bonchev–Trinajstić information content (AvgIpc) is 2.25. The van der Waals surface area contributed by atoms with Gasteiger partial charge in [-0.25, -0.2) is 0 Å². The Hall–Kier alpha value is -0.550. The highest BCUT2D eigenvalue weighted by Crippen LogP contribution is 2.35. The molecule has 5 heteroatoms. The quantitative estimate of drug-likeness (QED) is 0.797. The Kier molecular flexibility index (Phi) is 5.46. The lowest BCUT2D eigenvalue weighted by molar-refractivity contribution is -0.138. The van der Waals surface area contributed by atoms with E-state index in [-0.39, 0.29) is 4.47 Å². The van der Waals surface area contributed by atoms with E-state index in [4.69, 9.17) is 0 Å². The third-order valence-corrected chi connectivity index (χ3v) is 3.06. The summed E-state index contributed by atoms with van der Waals surface area (Å²) in [6, 6.07) is 4.32. The number of benzene rings is 1. The molecule has 0 aliphatic heterocycles. The summed E-state index contributed by atoms with van der Waals surface area (Å²) in [5, 5.41) is 3.12. The number of hydrogen-bond donors (Lipinski definition) is 1. The molecule has 0 amide bonds. The van der Waals surface area contributed by atoms with Crippen LogP contribution in [0, 0.1) is 0 Å². The largest absolute Gasteiger partial charge is 0.417 e. The molecule has 1 nitrogen and oxygen atoms in total. The Morgan fingerprint density at radius 1 is 1.29 bits per heavy atom. The van der Waals surface area contributed by atoms with Gasteiger partial charge in [0.15, 0.2) is 0 Å². The summed E-state index contributed by atoms with van der Waals surface area (Å²) in [6.07, 6.45) is -2.21. The smallest absolute Gasteiger partial charge is 0.313 e. The van der Waals surface area contributed by atoms with Gasteiger partial charge in [0, 0.05) is 11.0 Å². The van der Waals surface area contributed by atoms with Crippen molar-refractivity contribution in [1.29, 1.82) is 0 Å². The number of hydrogen-bond acceptors (Lipinski definition) is 1. The Morgan fingerprint density at radius 3 is 2.59 bits per heavy atom. The highest BCUT2D eigenvalue weighted by atomic mass is 79.9. The molecule has 1 aromatic rings. The van der Waals surface area contributed by atoms with Crippen molar-refractivity contribution in [2.24, 2.45) is 0 Å². The van der Waals surface area contributed by atoms with Crippen molar-refractivity contribution >= 4 is 15.9 Å². The van der Waals surface area contributed by atoms with Crippen LogP contribution in [0.25, 0.3) is 0 Å². The van der Waals surface area contributed by atoms with E-state index >= 15 is 0 Å². The minimum Gasteiger partial charge on any atom is -0.313 e. The maximum Gasteiger partial charge on any atom is 0.417 e. The van der Waals surface area contributed by atoms with Crippen molar-refractivity contribution in [2.75, 3.05) is 6.54 Å². The summed E-state index contributed by atoms with van der Waals surface area (Å²) in [5.41, 5.74) is 0.0314. The average molecular weight is 310 g/mol. The van der Waals surface area contributed by atoms with E-state index in [0.29, 0.717) is 12.1 Å². The molecule has 0 aromatic heterocycles. The van der Waals surface area contributed by atoms with Crippen molar-refractivity contribution < 1.29 is 13.2 Å². The van der Waals surface area contributed by atoms with Crippen LogP contribution in [0.4, 0.5) is 13.2 Å². The predicted octanol–water partition coefficient (Wildman–Crippen LogP) is 4.36. The van der Waals surface area contributed by atoms with Crippen molar-refractivity contribution in [3.63, 3.8) is 0 Å². The number of halogens is 4. The van der Waals surface area contributed by atoms with E-state index in [1.807, 2.05) is 0 Å². The van der Waals surface area contributed by atoms with Crippen LogP contribution in [0.15, 0.2) is 22.7 Å². The van der Waals surface area contributed by atoms with Gasteiger partial charge in [-0.3, -0.25) is 0 Å². The van der Waals surface area contributed by atoms with Gasteiger partial charge in [-0.05, 0) is 30.7 Å². The lowest BCUT2D eigenvalue weighted by Crippen LogP contribution is -2.15. The van der Waals surface area contributed by atoms with E-state index in [0.717, 1.165) is 19.4 Å².